The van der Waals surface area contributed by atoms with Crippen molar-refractivity contribution in [3.8, 4) is 0 Å². The molecule has 0 aromatic carbocycles. The highest BCUT2D eigenvalue weighted by atomic mass is 127. The van der Waals surface area contributed by atoms with Crippen molar-refractivity contribution in [1.82, 2.24) is 0 Å². The van der Waals surface area contributed by atoms with Gasteiger partial charge in [-0.15, -0.1) is 0 Å². The fraction of sp³-hybridized carbons (Fsp3) is 0.500. The molecule has 0 aromatic heterocycles. The molecule has 0 aliphatic rings. The van der Waals surface area contributed by atoms with Crippen LogP contribution in [0, 0.1) is 0 Å². The average molecular weight is 335 g/mol. The monoisotopic (exact) mass is 334 g/mol. The first-order chi connectivity index (χ1) is 5.16. The number of hydrogen-bond acceptors (Lipinski definition) is 3. The summed E-state index contributed by atoms with van der Waals surface area (Å²) in [5.41, 5.74) is 0. The topological polar surface area (TPSA) is 35.5 Å². The Hall–Kier alpha value is 0.220. The lowest BCUT2D eigenvalue weighted by Gasteiger charge is -2.00. The second kappa shape index (κ2) is 6.90. The molecule has 0 spiro atoms. The van der Waals surface area contributed by atoms with Crippen LogP contribution in [0.1, 0.15) is 6.92 Å². The van der Waals surface area contributed by atoms with Gasteiger partial charge in [-0.05, 0) is 51.5 Å². The third-order valence-electron chi connectivity index (χ3n) is 0.701. The van der Waals surface area contributed by atoms with E-state index < -0.39 is 6.16 Å². The molecule has 0 fully saturated rings. The Morgan fingerprint density at radius 2 is 2.27 bits per heavy atom. The van der Waals surface area contributed by atoms with Crippen molar-refractivity contribution in [3.63, 3.8) is 0 Å². The van der Waals surface area contributed by atoms with Crippen LogP contribution in [-0.2, 0) is 9.47 Å². The van der Waals surface area contributed by atoms with Crippen LogP contribution in [0.15, 0.2) is 8.57 Å². The minimum Gasteiger partial charge on any atom is -0.435 e. The molecule has 0 saturated heterocycles. The van der Waals surface area contributed by atoms with E-state index in [1.807, 2.05) is 0 Å². The Morgan fingerprint density at radius 1 is 1.64 bits per heavy atom. The molecule has 0 heterocycles. The van der Waals surface area contributed by atoms with Crippen LogP contribution in [0.4, 0.5) is 4.79 Å². The lowest BCUT2D eigenvalue weighted by Crippen LogP contribution is -2.06. The van der Waals surface area contributed by atoms with Gasteiger partial charge in [-0.2, -0.15) is 0 Å². The number of carbonyl (C=O) groups excluding carboxylic acids is 1. The summed E-state index contributed by atoms with van der Waals surface area (Å²) in [6.45, 7) is 2.31. The Balaban J connectivity index is 3.39. The summed E-state index contributed by atoms with van der Waals surface area (Å²) in [7, 11) is 0. The average Bonchev–Trinajstić information content (AvgIpc) is 1.87. The predicted molar refractivity (Wildman–Crippen MR) is 54.0 cm³/mol. The summed E-state index contributed by atoms with van der Waals surface area (Å²) in [5.74, 6) is 0. The highest BCUT2D eigenvalue weighted by molar-refractivity contribution is 14.1. The van der Waals surface area contributed by atoms with Gasteiger partial charge in [0.1, 0.15) is 6.61 Å². The van der Waals surface area contributed by atoms with Gasteiger partial charge in [0.25, 0.3) is 0 Å². The van der Waals surface area contributed by atoms with Crippen molar-refractivity contribution in [2.24, 2.45) is 0 Å². The standard InChI is InChI=1S/C6H8BrIO3/c1-2-10-6(9)11-4-3-5(7)8/h3H,2,4H2,1H3. The normalized spacial score (nSPS) is 11.0. The van der Waals surface area contributed by atoms with E-state index in [-0.39, 0.29) is 6.61 Å². The third-order valence-corrected chi connectivity index (χ3v) is 1.47. The molecular formula is C6H8BrIO3. The maximum absolute atomic E-state index is 10.5. The number of halogens is 2. The Kier molecular flexibility index (Phi) is 7.04. The Labute approximate surface area is 87.4 Å². The number of rotatable bonds is 3. The van der Waals surface area contributed by atoms with Gasteiger partial charge in [-0.3, -0.25) is 0 Å². The van der Waals surface area contributed by atoms with Gasteiger partial charge >= 0.3 is 6.16 Å². The fourth-order valence-electron chi connectivity index (χ4n) is 0.332. The van der Waals surface area contributed by atoms with Gasteiger partial charge in [0, 0.05) is 0 Å². The van der Waals surface area contributed by atoms with Crippen LogP contribution >= 0.6 is 38.5 Å². The molecule has 11 heavy (non-hydrogen) atoms. The molecule has 0 rings (SSSR count). The first-order valence-electron chi connectivity index (χ1n) is 2.97. The Morgan fingerprint density at radius 3 is 2.73 bits per heavy atom. The molecule has 0 saturated carbocycles. The smallest absolute Gasteiger partial charge is 0.435 e. The lowest BCUT2D eigenvalue weighted by molar-refractivity contribution is 0.0673. The molecule has 0 aromatic rings. The maximum atomic E-state index is 10.5. The summed E-state index contributed by atoms with van der Waals surface area (Å²) < 4.78 is 10.0. The maximum Gasteiger partial charge on any atom is 0.508 e. The molecular weight excluding hydrogens is 327 g/mol. The second-order valence-electron chi connectivity index (χ2n) is 1.49. The molecule has 0 aliphatic carbocycles. The van der Waals surface area contributed by atoms with Crippen molar-refractivity contribution in [1.29, 1.82) is 0 Å². The molecule has 0 radical (unpaired) electrons. The summed E-state index contributed by atoms with van der Waals surface area (Å²) in [6.07, 6.45) is 1.09. The molecule has 0 N–H and O–H groups in total. The van der Waals surface area contributed by atoms with Crippen molar-refractivity contribution in [3.05, 3.63) is 8.57 Å². The zero-order chi connectivity index (χ0) is 8.69. The molecule has 0 bridgehead atoms. The van der Waals surface area contributed by atoms with E-state index >= 15 is 0 Å². The zero-order valence-electron chi connectivity index (χ0n) is 5.97. The summed E-state index contributed by atoms with van der Waals surface area (Å²) in [4.78, 5) is 10.5. The van der Waals surface area contributed by atoms with Gasteiger partial charge < -0.3 is 9.47 Å². The van der Waals surface area contributed by atoms with E-state index in [0.29, 0.717) is 6.61 Å². The molecule has 64 valence electrons. The van der Waals surface area contributed by atoms with E-state index in [0.717, 1.165) is 2.49 Å². The Bertz CT molecular complexity index is 154. The fourth-order valence-corrected chi connectivity index (χ4v) is 0.644. The van der Waals surface area contributed by atoms with E-state index in [1.54, 1.807) is 13.0 Å². The van der Waals surface area contributed by atoms with E-state index in [1.165, 1.54) is 0 Å². The first kappa shape index (κ1) is 11.2. The first-order valence-corrected chi connectivity index (χ1v) is 4.84. The predicted octanol–water partition coefficient (Wildman–Crippen LogP) is 2.83. The molecule has 0 amide bonds. The SMILES string of the molecule is CCOC(=O)OCC=C(Br)I. The van der Waals surface area contributed by atoms with Crippen LogP contribution in [0.2, 0.25) is 0 Å². The molecule has 0 atom stereocenters. The molecule has 3 nitrogen and oxygen atoms in total. The van der Waals surface area contributed by atoms with Crippen LogP contribution in [0.3, 0.4) is 0 Å². The number of carbonyl (C=O) groups is 1. The second-order valence-corrected chi connectivity index (χ2v) is 4.99. The van der Waals surface area contributed by atoms with Gasteiger partial charge in [0.15, 0.2) is 0 Å². The van der Waals surface area contributed by atoms with Crippen molar-refractivity contribution >= 4 is 44.7 Å². The number of hydrogen-bond donors (Lipinski definition) is 0. The van der Waals surface area contributed by atoms with E-state index in [4.69, 9.17) is 0 Å². The molecule has 0 aliphatic heterocycles. The lowest BCUT2D eigenvalue weighted by atomic mass is 10.7. The molecule has 0 unspecified atom stereocenters. The summed E-state index contributed by atoms with van der Waals surface area (Å²) in [5, 5.41) is 0. The van der Waals surface area contributed by atoms with E-state index in [2.05, 4.69) is 48.0 Å². The van der Waals surface area contributed by atoms with E-state index in [9.17, 15) is 4.79 Å². The van der Waals surface area contributed by atoms with Gasteiger partial charge in [-0.1, -0.05) is 0 Å². The van der Waals surface area contributed by atoms with Gasteiger partial charge in [0.05, 0.1) is 9.10 Å². The quantitative estimate of drug-likeness (QED) is 0.588. The number of ether oxygens (including phenoxy) is 2. The van der Waals surface area contributed by atoms with Crippen molar-refractivity contribution < 1.29 is 14.3 Å². The summed E-state index contributed by atoms with van der Waals surface area (Å²) in [6, 6.07) is 0. The van der Waals surface area contributed by atoms with Crippen molar-refractivity contribution in [2.45, 2.75) is 6.92 Å². The van der Waals surface area contributed by atoms with Gasteiger partial charge in [0.2, 0.25) is 0 Å². The highest BCUT2D eigenvalue weighted by Gasteiger charge is 1.98. The van der Waals surface area contributed by atoms with Gasteiger partial charge in [-0.25, -0.2) is 4.79 Å². The highest BCUT2D eigenvalue weighted by Crippen LogP contribution is 2.12. The van der Waals surface area contributed by atoms with Crippen LogP contribution < -0.4 is 0 Å². The van der Waals surface area contributed by atoms with Crippen LogP contribution in [0.25, 0.3) is 0 Å². The molecule has 5 heteroatoms. The minimum atomic E-state index is -0.631. The largest absolute Gasteiger partial charge is 0.508 e. The zero-order valence-corrected chi connectivity index (χ0v) is 9.72. The van der Waals surface area contributed by atoms with Crippen LogP contribution in [0.5, 0.6) is 0 Å². The minimum absolute atomic E-state index is 0.238. The van der Waals surface area contributed by atoms with Crippen molar-refractivity contribution in [2.75, 3.05) is 13.2 Å². The summed E-state index contributed by atoms with van der Waals surface area (Å²) >= 11 is 5.24. The third kappa shape index (κ3) is 8.12. The van der Waals surface area contributed by atoms with Crippen LogP contribution in [-0.4, -0.2) is 19.4 Å².